The minimum Gasteiger partial charge on any atom is -0.345 e. The highest BCUT2D eigenvalue weighted by Crippen LogP contribution is 2.31. The molecule has 0 unspecified atom stereocenters. The van der Waals surface area contributed by atoms with Gasteiger partial charge in [0.1, 0.15) is 0 Å². The first-order valence-electron chi connectivity index (χ1n) is 9.72. The fraction of sp³-hybridized carbons (Fsp3) is 0.364. The smallest absolute Gasteiger partial charge is 0.275 e. The van der Waals surface area contributed by atoms with Crippen LogP contribution in [0.25, 0.3) is 10.2 Å². The van der Waals surface area contributed by atoms with Crippen LogP contribution in [-0.4, -0.2) is 30.5 Å². The van der Waals surface area contributed by atoms with Gasteiger partial charge in [-0.25, -0.2) is 4.98 Å². The number of likely N-dealkylation sites (tertiary alicyclic amines) is 1. The molecule has 0 bridgehead atoms. The number of hydrogen-bond donors (Lipinski definition) is 2. The Kier molecular flexibility index (Phi) is 5.50. The van der Waals surface area contributed by atoms with E-state index in [1.807, 2.05) is 42.5 Å². The first kappa shape index (κ1) is 18.1. The molecule has 3 aromatic rings. The maximum Gasteiger partial charge on any atom is 0.275 e. The van der Waals surface area contributed by atoms with Crippen molar-refractivity contribution >= 4 is 27.5 Å². The molecule has 1 aromatic heterocycles. The van der Waals surface area contributed by atoms with Crippen molar-refractivity contribution in [1.29, 1.82) is 0 Å². The van der Waals surface area contributed by atoms with E-state index in [-0.39, 0.29) is 11.9 Å². The van der Waals surface area contributed by atoms with Gasteiger partial charge in [0.25, 0.3) is 5.91 Å². The van der Waals surface area contributed by atoms with Gasteiger partial charge in [0.05, 0.1) is 34.4 Å². The number of para-hydroxylation sites is 1. The summed E-state index contributed by atoms with van der Waals surface area (Å²) in [6, 6.07) is 18.5. The first-order chi connectivity index (χ1) is 13.2. The third-order valence-corrected chi connectivity index (χ3v) is 6.64. The summed E-state index contributed by atoms with van der Waals surface area (Å²) in [5, 5.41) is 4.40. The Bertz CT molecular complexity index is 867. The molecule has 1 fully saturated rings. The summed E-state index contributed by atoms with van der Waals surface area (Å²) in [5.41, 5.74) is 2.26. The third kappa shape index (κ3) is 4.37. The summed E-state index contributed by atoms with van der Waals surface area (Å²) in [4.78, 5) is 18.6. The second-order valence-corrected chi connectivity index (χ2v) is 8.48. The van der Waals surface area contributed by atoms with Gasteiger partial charge in [-0.1, -0.05) is 42.5 Å². The van der Waals surface area contributed by atoms with Gasteiger partial charge in [-0.3, -0.25) is 4.79 Å². The Balaban J connectivity index is 1.28. The molecule has 1 atom stereocenters. The van der Waals surface area contributed by atoms with Crippen molar-refractivity contribution in [3.8, 4) is 0 Å². The van der Waals surface area contributed by atoms with E-state index in [1.165, 1.54) is 14.6 Å². The number of rotatable bonds is 5. The Hall–Kier alpha value is -2.24. The molecule has 2 aromatic carbocycles. The molecule has 2 N–H and O–H groups in total. The van der Waals surface area contributed by atoms with Gasteiger partial charge in [0.2, 0.25) is 0 Å². The summed E-state index contributed by atoms with van der Waals surface area (Å²) >= 11 is 1.83. The van der Waals surface area contributed by atoms with E-state index in [2.05, 4.69) is 35.6 Å². The number of carbonyl (C=O) groups is 1. The Morgan fingerprint density at radius 2 is 1.85 bits per heavy atom. The van der Waals surface area contributed by atoms with Gasteiger partial charge >= 0.3 is 0 Å². The molecular formula is C22H26N3OS+. The number of piperidine rings is 1. The Morgan fingerprint density at radius 1 is 1.15 bits per heavy atom. The van der Waals surface area contributed by atoms with E-state index < -0.39 is 0 Å². The lowest BCUT2D eigenvalue weighted by Crippen LogP contribution is -3.14. The number of fused-ring (bicyclic) bond motifs is 1. The second kappa shape index (κ2) is 8.19. The standard InChI is InChI=1S/C22H25N3OS/c1-16(17-7-3-2-4-8-17)23-21(26)15-25-13-11-18(12-14-25)22-24-19-9-5-6-10-20(19)27-22/h2-10,16,18H,11-15H2,1H3,(H,23,26)/p+1/t16-/m1/s1. The van der Waals surface area contributed by atoms with Crippen molar-refractivity contribution in [3.63, 3.8) is 0 Å². The van der Waals surface area contributed by atoms with Crippen molar-refractivity contribution in [3.05, 3.63) is 65.2 Å². The van der Waals surface area contributed by atoms with E-state index >= 15 is 0 Å². The minimum atomic E-state index is 0.0541. The SMILES string of the molecule is C[C@@H](NC(=O)C[NH+]1CCC(c2nc3ccccc3s2)CC1)c1ccccc1. The van der Waals surface area contributed by atoms with E-state index in [1.54, 1.807) is 0 Å². The minimum absolute atomic E-state index is 0.0541. The fourth-order valence-corrected chi connectivity index (χ4v) is 5.00. The molecule has 5 heteroatoms. The van der Waals surface area contributed by atoms with Crippen LogP contribution in [0.1, 0.15) is 42.3 Å². The quantitative estimate of drug-likeness (QED) is 0.715. The lowest BCUT2D eigenvalue weighted by atomic mass is 9.97. The van der Waals surface area contributed by atoms with Crippen molar-refractivity contribution in [2.45, 2.75) is 31.7 Å². The van der Waals surface area contributed by atoms with E-state index in [0.29, 0.717) is 12.5 Å². The molecule has 4 rings (SSSR count). The van der Waals surface area contributed by atoms with Gasteiger partial charge < -0.3 is 10.2 Å². The van der Waals surface area contributed by atoms with Gasteiger partial charge in [-0.2, -0.15) is 0 Å². The maximum atomic E-state index is 12.4. The molecule has 1 amide bonds. The average Bonchev–Trinajstić information content (AvgIpc) is 3.13. The van der Waals surface area contributed by atoms with Crippen LogP contribution in [0.15, 0.2) is 54.6 Å². The summed E-state index contributed by atoms with van der Waals surface area (Å²) in [5.74, 6) is 0.678. The highest BCUT2D eigenvalue weighted by atomic mass is 32.1. The number of benzene rings is 2. The molecule has 1 aliphatic rings. The van der Waals surface area contributed by atoms with Crippen molar-refractivity contribution in [2.75, 3.05) is 19.6 Å². The molecule has 27 heavy (non-hydrogen) atoms. The fourth-order valence-electron chi connectivity index (χ4n) is 3.86. The first-order valence-corrected chi connectivity index (χ1v) is 10.5. The van der Waals surface area contributed by atoms with Gasteiger partial charge in [0.15, 0.2) is 6.54 Å². The Morgan fingerprint density at radius 3 is 2.59 bits per heavy atom. The molecule has 4 nitrogen and oxygen atoms in total. The third-order valence-electron chi connectivity index (χ3n) is 5.44. The number of aromatic nitrogens is 1. The lowest BCUT2D eigenvalue weighted by Gasteiger charge is -2.28. The highest BCUT2D eigenvalue weighted by Gasteiger charge is 2.27. The molecule has 0 radical (unpaired) electrons. The zero-order valence-corrected chi connectivity index (χ0v) is 16.5. The predicted molar refractivity (Wildman–Crippen MR) is 110 cm³/mol. The highest BCUT2D eigenvalue weighted by molar-refractivity contribution is 7.18. The predicted octanol–water partition coefficient (Wildman–Crippen LogP) is 2.94. The molecular weight excluding hydrogens is 354 g/mol. The normalized spacial score (nSPS) is 21.1. The topological polar surface area (TPSA) is 46.4 Å². The zero-order chi connectivity index (χ0) is 18.6. The molecule has 140 valence electrons. The van der Waals surface area contributed by atoms with Crippen molar-refractivity contribution in [1.82, 2.24) is 10.3 Å². The number of amides is 1. The van der Waals surface area contributed by atoms with Crippen molar-refractivity contribution < 1.29 is 9.69 Å². The van der Waals surface area contributed by atoms with Crippen LogP contribution in [0.2, 0.25) is 0 Å². The average molecular weight is 381 g/mol. The number of nitrogens with zero attached hydrogens (tertiary/aromatic N) is 1. The monoisotopic (exact) mass is 380 g/mol. The van der Waals surface area contributed by atoms with Crippen molar-refractivity contribution in [2.24, 2.45) is 0 Å². The summed E-state index contributed by atoms with van der Waals surface area (Å²) in [6.45, 7) is 4.67. The van der Waals surface area contributed by atoms with E-state index in [4.69, 9.17) is 4.98 Å². The summed E-state index contributed by atoms with van der Waals surface area (Å²) in [7, 11) is 0. The Labute approximate surface area is 164 Å². The van der Waals surface area contributed by atoms with Crippen LogP contribution in [-0.2, 0) is 4.79 Å². The summed E-state index contributed by atoms with van der Waals surface area (Å²) < 4.78 is 1.27. The van der Waals surface area contributed by atoms with Crippen LogP contribution >= 0.6 is 11.3 Å². The number of quaternary nitrogens is 1. The van der Waals surface area contributed by atoms with Crippen LogP contribution in [0.4, 0.5) is 0 Å². The number of carbonyl (C=O) groups excluding carboxylic acids is 1. The van der Waals surface area contributed by atoms with Crippen LogP contribution in [0.5, 0.6) is 0 Å². The summed E-state index contributed by atoms with van der Waals surface area (Å²) in [6.07, 6.45) is 2.22. The van der Waals surface area contributed by atoms with Gasteiger partial charge in [-0.05, 0) is 24.6 Å². The molecule has 1 aliphatic heterocycles. The molecule has 2 heterocycles. The van der Waals surface area contributed by atoms with Gasteiger partial charge in [0, 0.05) is 18.8 Å². The number of thiazole rings is 1. The largest absolute Gasteiger partial charge is 0.345 e. The van der Waals surface area contributed by atoms with Crippen LogP contribution < -0.4 is 10.2 Å². The van der Waals surface area contributed by atoms with E-state index in [9.17, 15) is 4.79 Å². The molecule has 1 saturated heterocycles. The van der Waals surface area contributed by atoms with Gasteiger partial charge in [-0.15, -0.1) is 11.3 Å². The maximum absolute atomic E-state index is 12.4. The number of nitrogens with one attached hydrogen (secondary N) is 2. The second-order valence-electron chi connectivity index (χ2n) is 7.42. The van der Waals surface area contributed by atoms with Crippen LogP contribution in [0, 0.1) is 0 Å². The molecule has 0 saturated carbocycles. The molecule has 0 aliphatic carbocycles. The number of hydrogen-bond acceptors (Lipinski definition) is 3. The lowest BCUT2D eigenvalue weighted by molar-refractivity contribution is -0.897. The van der Waals surface area contributed by atoms with Crippen LogP contribution in [0.3, 0.4) is 0 Å². The zero-order valence-electron chi connectivity index (χ0n) is 15.7. The van der Waals surface area contributed by atoms with E-state index in [0.717, 1.165) is 37.0 Å². The molecule has 0 spiro atoms.